The molecule has 0 saturated carbocycles. The maximum Gasteiger partial charge on any atom is 0.282 e. The highest BCUT2D eigenvalue weighted by atomic mass is 32.2. The lowest BCUT2D eigenvalue weighted by Crippen LogP contribution is -2.36. The summed E-state index contributed by atoms with van der Waals surface area (Å²) < 4.78 is 37.0. The summed E-state index contributed by atoms with van der Waals surface area (Å²) in [6.07, 6.45) is -1.31. The standard InChI is InChI=1S/C40H36N10O10S/c1-23-37(39(55)49(47-23)35(53)21-33(51)41-25-5-13-29(59-3)14-6-25)45-43-27-9-17-31(18-10-27)61(57,58)32-19-11-28(12-20-32)44-46-38-24(2)48-50(40(38)56)36(54)22-34(52)42-26-7-15-30(60-4)16-8-26/h5-20,37-38H,21-22H2,1-4H3,(H,41,51)(H,42,52)/t37-,38-/m1/s1. The molecule has 6 rings (SSSR count). The van der Waals surface area contributed by atoms with E-state index < -0.39 is 70.2 Å². The minimum atomic E-state index is -4.02. The Morgan fingerprint density at radius 2 is 0.934 bits per heavy atom. The van der Waals surface area contributed by atoms with Gasteiger partial charge >= 0.3 is 0 Å². The van der Waals surface area contributed by atoms with Crippen molar-refractivity contribution in [1.29, 1.82) is 0 Å². The number of imide groups is 2. The van der Waals surface area contributed by atoms with Crippen LogP contribution in [0.5, 0.6) is 11.5 Å². The van der Waals surface area contributed by atoms with E-state index >= 15 is 0 Å². The highest BCUT2D eigenvalue weighted by molar-refractivity contribution is 7.91. The van der Waals surface area contributed by atoms with Gasteiger partial charge in [0.15, 0.2) is 12.1 Å². The molecule has 0 aliphatic carbocycles. The first kappa shape index (κ1) is 42.8. The van der Waals surface area contributed by atoms with E-state index in [-0.39, 0.29) is 32.6 Å². The summed E-state index contributed by atoms with van der Waals surface area (Å²) in [6, 6.07) is 21.1. The summed E-state index contributed by atoms with van der Waals surface area (Å²) >= 11 is 0. The van der Waals surface area contributed by atoms with E-state index in [2.05, 4.69) is 41.3 Å². The number of sulfone groups is 1. The number of rotatable bonds is 14. The molecular weight excluding hydrogens is 813 g/mol. The molecule has 0 aromatic heterocycles. The number of anilines is 2. The molecule has 2 aliphatic heterocycles. The topological polar surface area (TPSA) is 260 Å². The Balaban J connectivity index is 1.01. The average Bonchev–Trinajstić information content (AvgIpc) is 3.71. The predicted molar refractivity (Wildman–Crippen MR) is 217 cm³/mol. The van der Waals surface area contributed by atoms with Crippen molar-refractivity contribution in [2.24, 2.45) is 30.7 Å². The summed E-state index contributed by atoms with van der Waals surface area (Å²) in [7, 11) is -1.02. The number of nitrogens with one attached hydrogen (secondary N) is 2. The molecule has 21 heteroatoms. The molecule has 2 aliphatic rings. The van der Waals surface area contributed by atoms with Crippen LogP contribution in [0.4, 0.5) is 22.7 Å². The van der Waals surface area contributed by atoms with Crippen LogP contribution >= 0.6 is 0 Å². The second-order valence-corrected chi connectivity index (χ2v) is 15.2. The van der Waals surface area contributed by atoms with Crippen LogP contribution in [-0.2, 0) is 38.6 Å². The fourth-order valence-electron chi connectivity index (χ4n) is 5.69. The fourth-order valence-corrected chi connectivity index (χ4v) is 6.95. The third-order valence-electron chi connectivity index (χ3n) is 8.91. The van der Waals surface area contributed by atoms with Crippen molar-refractivity contribution in [2.75, 3.05) is 24.9 Å². The molecule has 4 aromatic carbocycles. The third-order valence-corrected chi connectivity index (χ3v) is 10.7. The van der Waals surface area contributed by atoms with Crippen LogP contribution in [0, 0.1) is 0 Å². The van der Waals surface area contributed by atoms with Gasteiger partial charge < -0.3 is 20.1 Å². The van der Waals surface area contributed by atoms with Crippen LogP contribution in [-0.4, -0.2) is 91.6 Å². The van der Waals surface area contributed by atoms with Crippen LogP contribution in [0.3, 0.4) is 0 Å². The van der Waals surface area contributed by atoms with Gasteiger partial charge in [-0.3, -0.25) is 28.8 Å². The number of hydrogen-bond acceptors (Lipinski definition) is 16. The number of azo groups is 2. The van der Waals surface area contributed by atoms with Crippen molar-refractivity contribution in [1.82, 2.24) is 10.0 Å². The van der Waals surface area contributed by atoms with Crippen molar-refractivity contribution < 1.29 is 46.7 Å². The highest BCUT2D eigenvalue weighted by Crippen LogP contribution is 2.27. The minimum absolute atomic E-state index is 0.0778. The lowest BCUT2D eigenvalue weighted by molar-refractivity contribution is -0.146. The summed E-state index contributed by atoms with van der Waals surface area (Å²) in [5.74, 6) is -3.48. The number of hydrogen-bond donors (Lipinski definition) is 2. The molecule has 4 aromatic rings. The molecule has 2 atom stereocenters. The van der Waals surface area contributed by atoms with E-state index in [4.69, 9.17) is 9.47 Å². The highest BCUT2D eigenvalue weighted by Gasteiger charge is 2.39. The molecule has 312 valence electrons. The van der Waals surface area contributed by atoms with Crippen molar-refractivity contribution in [3.8, 4) is 11.5 Å². The third kappa shape index (κ3) is 10.1. The lowest BCUT2D eigenvalue weighted by Gasteiger charge is -2.11. The zero-order valence-electron chi connectivity index (χ0n) is 32.9. The molecule has 20 nitrogen and oxygen atoms in total. The molecular formula is C40H36N10O10S. The van der Waals surface area contributed by atoms with Gasteiger partial charge in [0.05, 0.1) is 46.8 Å². The fraction of sp³-hybridized carbons (Fsp3) is 0.200. The first-order valence-electron chi connectivity index (χ1n) is 18.2. The number of carbonyl (C=O) groups excluding carboxylic acids is 6. The van der Waals surface area contributed by atoms with Crippen LogP contribution in [0.25, 0.3) is 0 Å². The van der Waals surface area contributed by atoms with Gasteiger partial charge in [-0.25, -0.2) is 8.42 Å². The molecule has 0 unspecified atom stereocenters. The molecule has 2 heterocycles. The normalized spacial score (nSPS) is 16.5. The second kappa shape index (κ2) is 18.4. The van der Waals surface area contributed by atoms with E-state index in [0.717, 1.165) is 0 Å². The maximum atomic E-state index is 13.4. The monoisotopic (exact) mass is 848 g/mol. The molecule has 0 fully saturated rings. The minimum Gasteiger partial charge on any atom is -0.497 e. The number of hydrazone groups is 2. The lowest BCUT2D eigenvalue weighted by atomic mass is 10.2. The van der Waals surface area contributed by atoms with Gasteiger partial charge in [-0.15, -0.1) is 0 Å². The largest absolute Gasteiger partial charge is 0.497 e. The number of ether oxygens (including phenoxy) is 2. The predicted octanol–water partition coefficient (Wildman–Crippen LogP) is 4.99. The smallest absolute Gasteiger partial charge is 0.282 e. The van der Waals surface area contributed by atoms with Crippen LogP contribution in [0.15, 0.2) is 138 Å². The molecule has 0 spiro atoms. The van der Waals surface area contributed by atoms with E-state index in [1.54, 1.807) is 48.5 Å². The second-order valence-electron chi connectivity index (χ2n) is 13.2. The Morgan fingerprint density at radius 3 is 1.26 bits per heavy atom. The number of benzene rings is 4. The number of methoxy groups -OCH3 is 2. The van der Waals surface area contributed by atoms with Gasteiger partial charge in [-0.05, 0) is 111 Å². The van der Waals surface area contributed by atoms with Crippen molar-refractivity contribution in [3.63, 3.8) is 0 Å². The van der Waals surface area contributed by atoms with Gasteiger partial charge in [0.2, 0.25) is 21.7 Å². The van der Waals surface area contributed by atoms with E-state index in [0.29, 0.717) is 32.9 Å². The molecule has 6 amide bonds. The average molecular weight is 849 g/mol. The maximum absolute atomic E-state index is 13.4. The molecule has 0 radical (unpaired) electrons. The van der Waals surface area contributed by atoms with Crippen LogP contribution in [0.2, 0.25) is 0 Å². The summed E-state index contributed by atoms with van der Waals surface area (Å²) in [5.41, 5.74) is 1.59. The summed E-state index contributed by atoms with van der Waals surface area (Å²) in [6.45, 7) is 2.95. The summed E-state index contributed by atoms with van der Waals surface area (Å²) in [5, 5.41) is 30.3. The van der Waals surface area contributed by atoms with Gasteiger partial charge in [0, 0.05) is 11.4 Å². The Morgan fingerprint density at radius 1 is 0.590 bits per heavy atom. The van der Waals surface area contributed by atoms with Crippen molar-refractivity contribution in [2.45, 2.75) is 48.6 Å². The van der Waals surface area contributed by atoms with Crippen LogP contribution in [0.1, 0.15) is 26.7 Å². The summed E-state index contributed by atoms with van der Waals surface area (Å²) in [4.78, 5) is 76.1. The number of amides is 6. The van der Waals surface area contributed by atoms with E-state index in [1.807, 2.05) is 0 Å². The first-order chi connectivity index (χ1) is 29.2. The van der Waals surface area contributed by atoms with Gasteiger partial charge in [-0.1, -0.05) is 0 Å². The Labute approximate surface area is 347 Å². The number of nitrogens with zero attached hydrogens (tertiary/aromatic N) is 8. The molecule has 0 saturated heterocycles. The Kier molecular flexibility index (Phi) is 12.9. The zero-order valence-corrected chi connectivity index (χ0v) is 33.7. The quantitative estimate of drug-likeness (QED) is 0.127. The van der Waals surface area contributed by atoms with Gasteiger partial charge in [0.25, 0.3) is 23.6 Å². The van der Waals surface area contributed by atoms with Crippen LogP contribution < -0.4 is 20.1 Å². The Bertz CT molecular complexity index is 2440. The SMILES string of the molecule is COc1ccc(NC(=O)CC(=O)N2N=C(C)[C@@H](N=Nc3ccc(S(=O)(=O)c4ccc(N=N[C@H]5C(=O)N(C(=O)CC(=O)Nc6ccc(OC)cc6)N=C5C)cc4)cc3)C2=O)cc1. The van der Waals surface area contributed by atoms with E-state index in [9.17, 15) is 37.2 Å². The van der Waals surface area contributed by atoms with Crippen molar-refractivity contribution in [3.05, 3.63) is 97.1 Å². The van der Waals surface area contributed by atoms with Crippen molar-refractivity contribution >= 4 is 79.5 Å². The van der Waals surface area contributed by atoms with E-state index in [1.165, 1.54) is 76.6 Å². The Hall–Kier alpha value is -7.81. The van der Waals surface area contributed by atoms with Gasteiger partial charge in [0.1, 0.15) is 24.3 Å². The number of carbonyl (C=O) groups is 6. The van der Waals surface area contributed by atoms with Gasteiger partial charge in [-0.2, -0.15) is 40.7 Å². The molecule has 2 N–H and O–H groups in total. The molecule has 0 bridgehead atoms. The molecule has 61 heavy (non-hydrogen) atoms. The zero-order chi connectivity index (χ0) is 43.8. The first-order valence-corrected chi connectivity index (χ1v) is 19.6.